The number of fused-ring (bicyclic) bond motifs is 8. The molecule has 10 aromatic rings. The van der Waals surface area contributed by atoms with Crippen molar-refractivity contribution in [1.82, 2.24) is 0 Å². The fourth-order valence-corrected chi connectivity index (χ4v) is 9.77. The Bertz CT molecular complexity index is 3110. The zero-order chi connectivity index (χ0) is 36.3. The number of benzene rings is 8. The van der Waals surface area contributed by atoms with Gasteiger partial charge in [0.15, 0.2) is 0 Å². The highest BCUT2D eigenvalue weighted by Gasteiger charge is 2.23. The zero-order valence-corrected chi connectivity index (χ0v) is 30.8. The molecule has 0 amide bonds. The molecule has 1 aliphatic carbocycles. The SMILES string of the molecule is C1=CCC(c2cc(N(c3ccc(-c4ccccc4)cc3)c3ccc(-c4cccc5c4sc4ccccc45)cc3)cc3oc4c5ccccc5ccc4c23)C=C1. The van der Waals surface area contributed by atoms with Crippen LogP contribution in [0, 0.1) is 0 Å². The van der Waals surface area contributed by atoms with Crippen LogP contribution in [0.25, 0.3) is 75.1 Å². The van der Waals surface area contributed by atoms with E-state index in [1.807, 2.05) is 11.3 Å². The van der Waals surface area contributed by atoms with Crippen LogP contribution in [0.1, 0.15) is 17.9 Å². The molecular weight excluding hydrogens is 687 g/mol. The quantitative estimate of drug-likeness (QED) is 0.170. The predicted octanol–water partition coefficient (Wildman–Crippen LogP) is 15.5. The lowest BCUT2D eigenvalue weighted by Gasteiger charge is -2.27. The van der Waals surface area contributed by atoms with Gasteiger partial charge in [-0.1, -0.05) is 146 Å². The van der Waals surface area contributed by atoms with Gasteiger partial charge >= 0.3 is 0 Å². The first-order valence-electron chi connectivity index (χ1n) is 18.9. The predicted molar refractivity (Wildman–Crippen MR) is 235 cm³/mol. The third-order valence-corrected chi connectivity index (χ3v) is 12.4. The number of thiophene rings is 1. The number of rotatable bonds is 6. The summed E-state index contributed by atoms with van der Waals surface area (Å²) in [5.74, 6) is 0.228. The Morgan fingerprint density at radius 2 is 1.24 bits per heavy atom. The molecule has 8 aromatic carbocycles. The third kappa shape index (κ3) is 5.39. The fourth-order valence-electron chi connectivity index (χ4n) is 8.53. The number of hydrogen-bond acceptors (Lipinski definition) is 3. The molecule has 0 N–H and O–H groups in total. The van der Waals surface area contributed by atoms with Gasteiger partial charge in [-0.15, -0.1) is 11.3 Å². The maximum atomic E-state index is 6.91. The second-order valence-corrected chi connectivity index (χ2v) is 15.5. The molecule has 0 aliphatic heterocycles. The normalized spacial score (nSPS) is 14.1. The van der Waals surface area contributed by atoms with Crippen molar-refractivity contribution < 1.29 is 4.42 Å². The average Bonchev–Trinajstić information content (AvgIpc) is 3.84. The number of nitrogens with zero attached hydrogens (tertiary/aromatic N) is 1. The topological polar surface area (TPSA) is 16.4 Å². The number of allylic oxidation sites excluding steroid dienone is 4. The lowest BCUT2D eigenvalue weighted by molar-refractivity contribution is 0.672. The molecule has 11 rings (SSSR count). The van der Waals surface area contributed by atoms with Gasteiger partial charge in [-0.05, 0) is 82.1 Å². The molecule has 260 valence electrons. The molecule has 0 fully saturated rings. The van der Waals surface area contributed by atoms with Crippen molar-refractivity contribution in [3.05, 3.63) is 200 Å². The second kappa shape index (κ2) is 13.0. The van der Waals surface area contributed by atoms with E-state index >= 15 is 0 Å². The minimum atomic E-state index is 0.228. The van der Waals surface area contributed by atoms with Gasteiger partial charge in [0.05, 0.1) is 5.69 Å². The van der Waals surface area contributed by atoms with Gasteiger partial charge in [0.1, 0.15) is 11.2 Å². The highest BCUT2D eigenvalue weighted by Crippen LogP contribution is 2.46. The third-order valence-electron chi connectivity index (χ3n) is 11.2. The van der Waals surface area contributed by atoms with Gasteiger partial charge in [0, 0.05) is 59.7 Å². The van der Waals surface area contributed by atoms with Gasteiger partial charge in [0.2, 0.25) is 0 Å². The van der Waals surface area contributed by atoms with E-state index in [9.17, 15) is 0 Å². The molecule has 0 saturated heterocycles. The summed E-state index contributed by atoms with van der Waals surface area (Å²) < 4.78 is 9.56. The van der Waals surface area contributed by atoms with Crippen molar-refractivity contribution in [1.29, 1.82) is 0 Å². The van der Waals surface area contributed by atoms with Crippen molar-refractivity contribution in [2.45, 2.75) is 12.3 Å². The highest BCUT2D eigenvalue weighted by molar-refractivity contribution is 7.26. The van der Waals surface area contributed by atoms with Crippen molar-refractivity contribution in [3.63, 3.8) is 0 Å². The highest BCUT2D eigenvalue weighted by atomic mass is 32.1. The van der Waals surface area contributed by atoms with Gasteiger partial charge in [0.25, 0.3) is 0 Å². The van der Waals surface area contributed by atoms with E-state index in [1.165, 1.54) is 58.8 Å². The molecule has 0 radical (unpaired) electrons. The Balaban J connectivity index is 1.10. The van der Waals surface area contributed by atoms with E-state index in [1.54, 1.807) is 0 Å². The van der Waals surface area contributed by atoms with Crippen molar-refractivity contribution in [2.24, 2.45) is 0 Å². The molecule has 2 aromatic heterocycles. The van der Waals surface area contributed by atoms with E-state index < -0.39 is 0 Å². The Hall–Kier alpha value is -6.68. The van der Waals surface area contributed by atoms with Gasteiger partial charge in [-0.25, -0.2) is 0 Å². The van der Waals surface area contributed by atoms with Crippen LogP contribution in [0.15, 0.2) is 199 Å². The summed E-state index contributed by atoms with van der Waals surface area (Å²) in [4.78, 5) is 2.38. The molecule has 3 heteroatoms. The van der Waals surface area contributed by atoms with Crippen LogP contribution in [-0.4, -0.2) is 0 Å². The van der Waals surface area contributed by atoms with Crippen molar-refractivity contribution in [3.8, 4) is 22.3 Å². The van der Waals surface area contributed by atoms with Crippen LogP contribution in [0.5, 0.6) is 0 Å². The maximum absolute atomic E-state index is 6.91. The number of hydrogen-bond donors (Lipinski definition) is 0. The summed E-state index contributed by atoms with van der Waals surface area (Å²) >= 11 is 1.87. The Morgan fingerprint density at radius 3 is 2.04 bits per heavy atom. The van der Waals surface area contributed by atoms with E-state index in [4.69, 9.17) is 4.42 Å². The minimum absolute atomic E-state index is 0.228. The first kappa shape index (κ1) is 31.8. The monoisotopic (exact) mass is 721 g/mol. The molecule has 55 heavy (non-hydrogen) atoms. The lowest BCUT2D eigenvalue weighted by atomic mass is 9.88. The van der Waals surface area contributed by atoms with Gasteiger partial charge in [-0.3, -0.25) is 0 Å². The van der Waals surface area contributed by atoms with Crippen LogP contribution in [0.3, 0.4) is 0 Å². The molecule has 1 unspecified atom stereocenters. The molecule has 1 atom stereocenters. The summed E-state index contributed by atoms with van der Waals surface area (Å²) in [5.41, 5.74) is 11.2. The van der Waals surface area contributed by atoms with Crippen LogP contribution >= 0.6 is 11.3 Å². The molecule has 0 saturated carbocycles. The van der Waals surface area contributed by atoms with Gasteiger partial charge in [-0.2, -0.15) is 0 Å². The van der Waals surface area contributed by atoms with Gasteiger partial charge < -0.3 is 9.32 Å². The standard InChI is InChI=1S/C52H35NOS/c1-3-12-34(13-4-1)35-22-27-39(28-23-35)53(40-29-24-38(25-30-40)43-19-11-20-45-44-18-9-10-21-49(44)55-52(43)45)41-32-47(36-14-5-2-6-15-36)50-46-31-26-37-16-7-8-17-42(37)51(46)54-48(50)33-41/h1-14,16-33,36H,15H2. The van der Waals surface area contributed by atoms with Crippen LogP contribution in [0.4, 0.5) is 17.1 Å². The average molecular weight is 722 g/mol. The van der Waals surface area contributed by atoms with E-state index in [0.29, 0.717) is 0 Å². The lowest BCUT2D eigenvalue weighted by Crippen LogP contribution is -2.11. The van der Waals surface area contributed by atoms with E-state index in [-0.39, 0.29) is 5.92 Å². The van der Waals surface area contributed by atoms with E-state index in [0.717, 1.165) is 45.4 Å². The summed E-state index contributed by atoms with van der Waals surface area (Å²) in [5, 5.41) is 7.31. The van der Waals surface area contributed by atoms with Crippen molar-refractivity contribution in [2.75, 3.05) is 4.90 Å². The number of furan rings is 1. The molecule has 1 aliphatic rings. The zero-order valence-electron chi connectivity index (χ0n) is 30.0. The second-order valence-electron chi connectivity index (χ2n) is 14.4. The summed E-state index contributed by atoms with van der Waals surface area (Å²) in [6.45, 7) is 0. The summed E-state index contributed by atoms with van der Waals surface area (Å²) in [7, 11) is 0. The summed E-state index contributed by atoms with van der Waals surface area (Å²) in [6, 6.07) is 61.7. The smallest absolute Gasteiger partial charge is 0.143 e. The maximum Gasteiger partial charge on any atom is 0.143 e. The van der Waals surface area contributed by atoms with Crippen LogP contribution in [0.2, 0.25) is 0 Å². The summed E-state index contributed by atoms with van der Waals surface area (Å²) in [6.07, 6.45) is 9.89. The molecule has 0 bridgehead atoms. The van der Waals surface area contributed by atoms with Crippen LogP contribution in [-0.2, 0) is 0 Å². The Labute approximate surface area is 323 Å². The molecule has 2 nitrogen and oxygen atoms in total. The Kier molecular flexibility index (Phi) is 7.53. The molecule has 0 spiro atoms. The molecule has 2 heterocycles. The van der Waals surface area contributed by atoms with Crippen molar-refractivity contribution >= 4 is 81.3 Å². The fraction of sp³-hybridized carbons (Fsp3) is 0.0385. The largest absolute Gasteiger partial charge is 0.455 e. The Morgan fingerprint density at radius 1 is 0.527 bits per heavy atom. The number of anilines is 3. The minimum Gasteiger partial charge on any atom is -0.455 e. The van der Waals surface area contributed by atoms with Crippen LogP contribution < -0.4 is 4.90 Å². The molecular formula is C52H35NOS. The first-order valence-corrected chi connectivity index (χ1v) is 19.8. The first-order chi connectivity index (χ1) is 27.3. The van der Waals surface area contributed by atoms with E-state index in [2.05, 4.69) is 199 Å².